The molecule has 3 amide bonds. The van der Waals surface area contributed by atoms with E-state index in [0.29, 0.717) is 67.4 Å². The number of carbonyl (C=O) groups is 3. The molecule has 3 aromatic rings. The van der Waals surface area contributed by atoms with Crippen LogP contribution in [-0.2, 0) is 39.4 Å². The first-order chi connectivity index (χ1) is 21.3. The van der Waals surface area contributed by atoms with Crippen LogP contribution in [0.4, 0.5) is 26.7 Å². The summed E-state index contributed by atoms with van der Waals surface area (Å²) in [5.74, 6) is -1.08. The van der Waals surface area contributed by atoms with Gasteiger partial charge in [-0.05, 0) is 42.3 Å². The minimum absolute atomic E-state index is 0.00221. The number of fused-ring (bicyclic) bond motifs is 1. The summed E-state index contributed by atoms with van der Waals surface area (Å²) in [7, 11) is 0. The molecule has 230 valence electrons. The summed E-state index contributed by atoms with van der Waals surface area (Å²) in [6, 6.07) is 12.5. The van der Waals surface area contributed by atoms with Crippen molar-refractivity contribution in [3.63, 3.8) is 0 Å². The van der Waals surface area contributed by atoms with Crippen LogP contribution in [0.3, 0.4) is 0 Å². The highest BCUT2D eigenvalue weighted by atomic mass is 16.6. The number of amides is 3. The molecule has 1 aromatic heterocycles. The first kappa shape index (κ1) is 29.3. The summed E-state index contributed by atoms with van der Waals surface area (Å²) in [5.41, 5.74) is 1.86. The Hall–Kier alpha value is -4.75. The maximum absolute atomic E-state index is 14.1. The molecule has 0 radical (unpaired) electrons. The number of hydrogen-bond acceptors (Lipinski definition) is 9. The Labute approximate surface area is 253 Å². The molecule has 3 aliphatic heterocycles. The standard InChI is InChI=1S/C31H34N6O7/c1-21(4-2-3-12-34-20-23(11-15-38)32-33-34)31(42)26-18-25(36-14-17-44-30(36)41)9-10-27(26)37(28(31)39)19-22-5-7-24(8-6-22)35-13-16-43-29(35)40/h2,4-10,18,20-21,38,42H,3,11-17,19H2,1H3/b4-2+/t21-,31+/m1/s1. The lowest BCUT2D eigenvalue weighted by atomic mass is 9.82. The third kappa shape index (κ3) is 5.40. The van der Waals surface area contributed by atoms with E-state index in [1.165, 1.54) is 4.90 Å². The number of aromatic nitrogens is 3. The number of aliphatic hydroxyl groups excluding tert-OH is 1. The van der Waals surface area contributed by atoms with Gasteiger partial charge in [-0.1, -0.05) is 36.4 Å². The lowest BCUT2D eigenvalue weighted by Gasteiger charge is -2.28. The summed E-state index contributed by atoms with van der Waals surface area (Å²) in [6.45, 7) is 4.00. The zero-order chi connectivity index (χ0) is 30.8. The lowest BCUT2D eigenvalue weighted by molar-refractivity contribution is -0.139. The van der Waals surface area contributed by atoms with E-state index in [4.69, 9.17) is 14.6 Å². The number of rotatable bonds is 11. The fourth-order valence-electron chi connectivity index (χ4n) is 5.80. The van der Waals surface area contributed by atoms with Gasteiger partial charge in [-0.2, -0.15) is 0 Å². The highest BCUT2D eigenvalue weighted by Gasteiger charge is 2.53. The van der Waals surface area contributed by atoms with Crippen molar-refractivity contribution in [2.45, 2.75) is 38.5 Å². The molecule has 6 rings (SSSR count). The van der Waals surface area contributed by atoms with Crippen molar-refractivity contribution in [1.82, 2.24) is 15.0 Å². The molecule has 0 bridgehead atoms. The number of benzene rings is 2. The predicted octanol–water partition coefficient (Wildman–Crippen LogP) is 2.74. The summed E-state index contributed by atoms with van der Waals surface area (Å²) >= 11 is 0. The van der Waals surface area contributed by atoms with Gasteiger partial charge in [0.15, 0.2) is 5.60 Å². The molecule has 3 aliphatic rings. The number of ether oxygens (including phenoxy) is 2. The first-order valence-corrected chi connectivity index (χ1v) is 14.6. The van der Waals surface area contributed by atoms with Gasteiger partial charge in [0.1, 0.15) is 13.2 Å². The molecule has 0 spiro atoms. The Kier molecular flexibility index (Phi) is 8.06. The molecule has 2 atom stereocenters. The number of allylic oxidation sites excluding steroid dienone is 1. The smallest absolute Gasteiger partial charge is 0.414 e. The molecular weight excluding hydrogens is 568 g/mol. The van der Waals surface area contributed by atoms with E-state index in [1.54, 1.807) is 45.8 Å². The number of cyclic esters (lactones) is 2. The molecule has 13 heteroatoms. The molecule has 0 unspecified atom stereocenters. The minimum atomic E-state index is -1.88. The Morgan fingerprint density at radius 2 is 1.68 bits per heavy atom. The number of nitrogens with zero attached hydrogens (tertiary/aromatic N) is 6. The van der Waals surface area contributed by atoms with Crippen molar-refractivity contribution in [3.05, 3.63) is 77.6 Å². The van der Waals surface area contributed by atoms with Gasteiger partial charge in [-0.15, -0.1) is 5.10 Å². The second-order valence-corrected chi connectivity index (χ2v) is 11.0. The van der Waals surface area contributed by atoms with Crippen LogP contribution in [-0.4, -0.2) is 76.2 Å². The largest absolute Gasteiger partial charge is 0.447 e. The van der Waals surface area contributed by atoms with Gasteiger partial charge in [0.25, 0.3) is 5.91 Å². The van der Waals surface area contributed by atoms with E-state index < -0.39 is 23.5 Å². The van der Waals surface area contributed by atoms with Crippen LogP contribution in [0.25, 0.3) is 0 Å². The summed E-state index contributed by atoms with van der Waals surface area (Å²) in [6.07, 6.45) is 5.66. The van der Waals surface area contributed by atoms with E-state index in [-0.39, 0.29) is 25.9 Å². The molecule has 2 aromatic carbocycles. The van der Waals surface area contributed by atoms with E-state index in [0.717, 1.165) is 5.56 Å². The van der Waals surface area contributed by atoms with E-state index >= 15 is 0 Å². The molecule has 4 heterocycles. The monoisotopic (exact) mass is 602 g/mol. The second-order valence-electron chi connectivity index (χ2n) is 11.0. The van der Waals surface area contributed by atoms with Gasteiger partial charge >= 0.3 is 12.2 Å². The van der Waals surface area contributed by atoms with Crippen molar-refractivity contribution in [1.29, 1.82) is 0 Å². The SMILES string of the molecule is C[C@H](/C=C/CCn1cc(CCO)nn1)[C@@]1(O)C(=O)N(Cc2ccc(N3CCOC3=O)cc2)c2ccc(N3CCOC3=O)cc21. The van der Waals surface area contributed by atoms with Crippen LogP contribution in [0, 0.1) is 5.92 Å². The molecule has 2 saturated heterocycles. The number of carbonyl (C=O) groups excluding carboxylic acids is 3. The molecule has 44 heavy (non-hydrogen) atoms. The van der Waals surface area contributed by atoms with Crippen molar-refractivity contribution in [2.75, 3.05) is 47.6 Å². The van der Waals surface area contributed by atoms with Crippen molar-refractivity contribution >= 4 is 35.2 Å². The first-order valence-electron chi connectivity index (χ1n) is 14.6. The lowest BCUT2D eigenvalue weighted by Crippen LogP contribution is -2.44. The van der Waals surface area contributed by atoms with Crippen LogP contribution in [0.5, 0.6) is 0 Å². The van der Waals surface area contributed by atoms with Gasteiger partial charge in [-0.3, -0.25) is 19.3 Å². The Balaban J connectivity index is 1.25. The normalized spacial score (nSPS) is 20.5. The molecule has 2 fully saturated rings. The highest BCUT2D eigenvalue weighted by Crippen LogP contribution is 2.47. The fraction of sp³-hybridized carbons (Fsp3) is 0.387. The zero-order valence-corrected chi connectivity index (χ0v) is 24.3. The summed E-state index contributed by atoms with van der Waals surface area (Å²) in [4.78, 5) is 43.0. The third-order valence-corrected chi connectivity index (χ3v) is 8.24. The van der Waals surface area contributed by atoms with Gasteiger partial charge in [-0.25, -0.2) is 9.59 Å². The van der Waals surface area contributed by atoms with Gasteiger partial charge in [0, 0.05) is 48.6 Å². The Bertz CT molecular complexity index is 1590. The van der Waals surface area contributed by atoms with Crippen LogP contribution in [0.2, 0.25) is 0 Å². The summed E-state index contributed by atoms with van der Waals surface area (Å²) in [5, 5.41) is 29.4. The molecule has 2 N–H and O–H groups in total. The number of hydrogen-bond donors (Lipinski definition) is 2. The molecule has 0 saturated carbocycles. The molecule has 0 aliphatic carbocycles. The Morgan fingerprint density at radius 3 is 2.34 bits per heavy atom. The van der Waals surface area contributed by atoms with Crippen molar-refractivity contribution in [2.24, 2.45) is 5.92 Å². The van der Waals surface area contributed by atoms with Crippen molar-refractivity contribution < 1.29 is 34.1 Å². The zero-order valence-electron chi connectivity index (χ0n) is 24.3. The van der Waals surface area contributed by atoms with E-state index in [9.17, 15) is 19.5 Å². The van der Waals surface area contributed by atoms with Crippen molar-refractivity contribution in [3.8, 4) is 0 Å². The number of anilines is 3. The van der Waals surface area contributed by atoms with Gasteiger partial charge in [0.2, 0.25) is 0 Å². The second kappa shape index (κ2) is 12.1. The molecular formula is C31H34N6O7. The average Bonchev–Trinajstić information content (AvgIpc) is 3.81. The maximum Gasteiger partial charge on any atom is 0.414 e. The maximum atomic E-state index is 14.1. The third-order valence-electron chi connectivity index (χ3n) is 8.24. The number of aryl methyl sites for hydroxylation is 1. The van der Waals surface area contributed by atoms with Crippen LogP contribution < -0.4 is 14.7 Å². The van der Waals surface area contributed by atoms with E-state index in [2.05, 4.69) is 10.3 Å². The predicted molar refractivity (Wildman–Crippen MR) is 159 cm³/mol. The van der Waals surface area contributed by atoms with Gasteiger partial charge < -0.3 is 24.6 Å². The highest BCUT2D eigenvalue weighted by molar-refractivity contribution is 6.08. The Morgan fingerprint density at radius 1 is 1.00 bits per heavy atom. The van der Waals surface area contributed by atoms with Gasteiger partial charge in [0.05, 0.1) is 31.0 Å². The van der Waals surface area contributed by atoms with E-state index in [1.807, 2.05) is 36.4 Å². The van der Waals surface area contributed by atoms with Crippen LogP contribution in [0.1, 0.15) is 30.2 Å². The van der Waals surface area contributed by atoms with Crippen LogP contribution in [0.15, 0.2) is 60.8 Å². The van der Waals surface area contributed by atoms with Crippen LogP contribution >= 0.6 is 0 Å². The minimum Gasteiger partial charge on any atom is -0.447 e. The topological polar surface area (TPSA) is 151 Å². The quantitative estimate of drug-likeness (QED) is 0.316. The average molecular weight is 603 g/mol. The molecule has 13 nitrogen and oxygen atoms in total. The fourth-order valence-corrected chi connectivity index (χ4v) is 5.80. The number of aliphatic hydroxyl groups is 2. The summed E-state index contributed by atoms with van der Waals surface area (Å²) < 4.78 is 11.8.